The van der Waals surface area contributed by atoms with Gasteiger partial charge >= 0.3 is 5.97 Å². The number of rotatable bonds is 5. The van der Waals surface area contributed by atoms with Crippen LogP contribution in [0.25, 0.3) is 0 Å². The van der Waals surface area contributed by atoms with Crippen molar-refractivity contribution in [3.8, 4) is 6.07 Å². The zero-order valence-electron chi connectivity index (χ0n) is 14.4. The van der Waals surface area contributed by atoms with Gasteiger partial charge in [-0.25, -0.2) is 14.2 Å². The number of hydrogen-bond donors (Lipinski definition) is 0. The third-order valence-corrected chi connectivity index (χ3v) is 5.07. The van der Waals surface area contributed by atoms with Gasteiger partial charge in [-0.3, -0.25) is 4.90 Å². The van der Waals surface area contributed by atoms with E-state index in [-0.39, 0.29) is 11.5 Å². The fraction of sp³-hybridized carbons (Fsp3) is 0.389. The van der Waals surface area contributed by atoms with Gasteiger partial charge in [0, 0.05) is 38.1 Å². The van der Waals surface area contributed by atoms with Gasteiger partial charge in [-0.2, -0.15) is 5.26 Å². The second kappa shape index (κ2) is 8.25. The molecule has 2 aromatic rings. The molecule has 1 fully saturated rings. The molecule has 0 radical (unpaired) electrons. The second-order valence-corrected chi connectivity index (χ2v) is 6.73. The summed E-state index contributed by atoms with van der Waals surface area (Å²) in [4.78, 5) is 20.3. The Bertz CT molecular complexity index is 825. The zero-order chi connectivity index (χ0) is 18.5. The van der Waals surface area contributed by atoms with E-state index in [9.17, 15) is 14.4 Å². The molecule has 0 amide bonds. The summed E-state index contributed by atoms with van der Waals surface area (Å²) < 4.78 is 18.7. The van der Waals surface area contributed by atoms with Gasteiger partial charge in [-0.1, -0.05) is 6.07 Å². The Hall–Kier alpha value is -2.50. The van der Waals surface area contributed by atoms with E-state index in [0.717, 1.165) is 18.8 Å². The van der Waals surface area contributed by atoms with E-state index in [1.807, 2.05) is 16.3 Å². The van der Waals surface area contributed by atoms with E-state index < -0.39 is 5.82 Å². The summed E-state index contributed by atoms with van der Waals surface area (Å²) in [5.74, 6) is -0.870. The molecule has 26 heavy (non-hydrogen) atoms. The first-order chi connectivity index (χ1) is 12.6. The summed E-state index contributed by atoms with van der Waals surface area (Å²) >= 11 is 1.29. The average molecular weight is 374 g/mol. The van der Waals surface area contributed by atoms with Crippen LogP contribution in [0.4, 0.5) is 10.1 Å². The molecule has 0 aliphatic carbocycles. The van der Waals surface area contributed by atoms with Gasteiger partial charge in [0.25, 0.3) is 0 Å². The molecule has 0 N–H and O–H groups in total. The van der Waals surface area contributed by atoms with Gasteiger partial charge in [0.2, 0.25) is 5.01 Å². The number of esters is 1. The largest absolute Gasteiger partial charge is 0.461 e. The Kier molecular flexibility index (Phi) is 5.81. The summed E-state index contributed by atoms with van der Waals surface area (Å²) in [6.07, 6.45) is 0. The number of piperazine rings is 1. The fourth-order valence-electron chi connectivity index (χ4n) is 2.93. The summed E-state index contributed by atoms with van der Waals surface area (Å²) in [6.45, 7) is 5.70. The third kappa shape index (κ3) is 4.00. The molecule has 1 saturated heterocycles. The monoisotopic (exact) mass is 374 g/mol. The number of thiazole rings is 1. The first-order valence-corrected chi connectivity index (χ1v) is 9.27. The molecule has 1 aliphatic heterocycles. The molecule has 0 atom stereocenters. The minimum atomic E-state index is -0.485. The topological polar surface area (TPSA) is 69.5 Å². The van der Waals surface area contributed by atoms with Crippen molar-refractivity contribution in [2.75, 3.05) is 37.7 Å². The third-order valence-electron chi connectivity index (χ3n) is 4.20. The lowest BCUT2D eigenvalue weighted by Gasteiger charge is -2.36. The molecule has 0 spiro atoms. The van der Waals surface area contributed by atoms with E-state index in [0.29, 0.717) is 36.9 Å². The highest BCUT2D eigenvalue weighted by atomic mass is 32.1. The van der Waals surface area contributed by atoms with Crippen molar-refractivity contribution >= 4 is 23.0 Å². The van der Waals surface area contributed by atoms with Crippen LogP contribution in [0.5, 0.6) is 0 Å². The number of carbonyl (C=O) groups is 1. The van der Waals surface area contributed by atoms with E-state index in [2.05, 4.69) is 9.88 Å². The van der Waals surface area contributed by atoms with Crippen LogP contribution in [-0.4, -0.2) is 48.6 Å². The number of ether oxygens (including phenoxy) is 1. The second-order valence-electron chi connectivity index (χ2n) is 5.87. The smallest absolute Gasteiger partial charge is 0.367 e. The van der Waals surface area contributed by atoms with Gasteiger partial charge in [0.1, 0.15) is 17.4 Å². The Balaban J connectivity index is 1.59. The standard InChI is InChI=1S/C18H19FN4O2S/c1-2-25-18(24)17-21-13(12-26-17)11-22-6-8-23(9-7-22)16-5-3-4-15(19)14(16)10-20/h3-5,12H,2,6-9,11H2,1H3. The normalized spacial score (nSPS) is 14.9. The molecule has 1 aliphatic rings. The molecule has 1 aromatic carbocycles. The molecule has 0 saturated carbocycles. The lowest BCUT2D eigenvalue weighted by Crippen LogP contribution is -2.46. The predicted octanol–water partition coefficient (Wildman–Crippen LogP) is 2.65. The lowest BCUT2D eigenvalue weighted by atomic mass is 10.1. The van der Waals surface area contributed by atoms with Crippen molar-refractivity contribution in [2.24, 2.45) is 0 Å². The number of halogens is 1. The van der Waals surface area contributed by atoms with E-state index in [4.69, 9.17) is 4.74 Å². The molecule has 8 heteroatoms. The van der Waals surface area contributed by atoms with E-state index >= 15 is 0 Å². The van der Waals surface area contributed by atoms with Gasteiger partial charge in [-0.05, 0) is 19.1 Å². The summed E-state index contributed by atoms with van der Waals surface area (Å²) in [7, 11) is 0. The maximum atomic E-state index is 13.8. The quantitative estimate of drug-likeness (QED) is 0.750. The minimum Gasteiger partial charge on any atom is -0.461 e. The summed E-state index contributed by atoms with van der Waals surface area (Å²) in [5, 5.41) is 11.4. The molecule has 1 aromatic heterocycles. The van der Waals surface area contributed by atoms with Crippen molar-refractivity contribution in [2.45, 2.75) is 13.5 Å². The predicted molar refractivity (Wildman–Crippen MR) is 96.7 cm³/mol. The first kappa shape index (κ1) is 18.3. The summed E-state index contributed by atoms with van der Waals surface area (Å²) in [5.41, 5.74) is 1.58. The number of anilines is 1. The highest BCUT2D eigenvalue weighted by Crippen LogP contribution is 2.24. The van der Waals surface area contributed by atoms with E-state index in [1.54, 1.807) is 19.1 Å². The van der Waals surface area contributed by atoms with Crippen LogP contribution in [0, 0.1) is 17.1 Å². The van der Waals surface area contributed by atoms with Crippen molar-refractivity contribution in [1.82, 2.24) is 9.88 Å². The van der Waals surface area contributed by atoms with Crippen molar-refractivity contribution in [3.63, 3.8) is 0 Å². The molecular weight excluding hydrogens is 355 g/mol. The summed E-state index contributed by atoms with van der Waals surface area (Å²) in [6, 6.07) is 6.67. The number of carbonyl (C=O) groups excluding carboxylic acids is 1. The number of benzene rings is 1. The van der Waals surface area contributed by atoms with Crippen LogP contribution < -0.4 is 4.90 Å². The molecule has 3 rings (SSSR count). The Labute approximate surface area is 155 Å². The molecular formula is C18H19FN4O2S. The van der Waals surface area contributed by atoms with Crippen molar-refractivity contribution in [3.05, 3.63) is 45.7 Å². The number of nitriles is 1. The van der Waals surface area contributed by atoms with E-state index in [1.165, 1.54) is 17.4 Å². The van der Waals surface area contributed by atoms with Crippen LogP contribution >= 0.6 is 11.3 Å². The van der Waals surface area contributed by atoms with Crippen LogP contribution in [0.2, 0.25) is 0 Å². The van der Waals surface area contributed by atoms with Crippen LogP contribution in [0.15, 0.2) is 23.6 Å². The number of nitrogens with zero attached hydrogens (tertiary/aromatic N) is 4. The highest BCUT2D eigenvalue weighted by Gasteiger charge is 2.22. The Morgan fingerprint density at radius 2 is 2.15 bits per heavy atom. The van der Waals surface area contributed by atoms with Gasteiger partial charge in [-0.15, -0.1) is 11.3 Å². The zero-order valence-corrected chi connectivity index (χ0v) is 15.3. The fourth-order valence-corrected chi connectivity index (χ4v) is 3.63. The highest BCUT2D eigenvalue weighted by molar-refractivity contribution is 7.11. The van der Waals surface area contributed by atoms with Gasteiger partial charge in [0.15, 0.2) is 0 Å². The molecule has 6 nitrogen and oxygen atoms in total. The van der Waals surface area contributed by atoms with Gasteiger partial charge < -0.3 is 9.64 Å². The van der Waals surface area contributed by atoms with Gasteiger partial charge in [0.05, 0.1) is 18.0 Å². The van der Waals surface area contributed by atoms with Crippen molar-refractivity contribution in [1.29, 1.82) is 5.26 Å². The van der Waals surface area contributed by atoms with Crippen LogP contribution in [0.3, 0.4) is 0 Å². The maximum absolute atomic E-state index is 13.8. The molecule has 0 unspecified atom stereocenters. The Morgan fingerprint density at radius 1 is 1.38 bits per heavy atom. The Morgan fingerprint density at radius 3 is 2.85 bits per heavy atom. The number of aromatic nitrogens is 1. The average Bonchev–Trinajstić information content (AvgIpc) is 3.11. The lowest BCUT2D eigenvalue weighted by molar-refractivity contribution is 0.0525. The molecule has 136 valence electrons. The maximum Gasteiger partial charge on any atom is 0.367 e. The number of hydrogen-bond acceptors (Lipinski definition) is 7. The minimum absolute atomic E-state index is 0.0968. The van der Waals surface area contributed by atoms with Crippen LogP contribution in [-0.2, 0) is 11.3 Å². The molecule has 0 bridgehead atoms. The van der Waals surface area contributed by atoms with Crippen molar-refractivity contribution < 1.29 is 13.9 Å². The van der Waals surface area contributed by atoms with Crippen LogP contribution in [0.1, 0.15) is 28.0 Å². The molecule has 2 heterocycles. The SMILES string of the molecule is CCOC(=O)c1nc(CN2CCN(c3cccc(F)c3C#N)CC2)cs1. The first-order valence-electron chi connectivity index (χ1n) is 8.39.